The minimum absolute atomic E-state index is 1.35. The van der Waals surface area contributed by atoms with E-state index in [1.54, 1.807) is 43.6 Å². The van der Waals surface area contributed by atoms with Crippen LogP contribution in [-0.2, 0) is 0 Å². The van der Waals surface area contributed by atoms with E-state index in [0.717, 1.165) is 0 Å². The maximum absolute atomic E-state index is 3.67. The predicted octanol–water partition coefficient (Wildman–Crippen LogP) is 1.36. The van der Waals surface area contributed by atoms with Gasteiger partial charge in [0.25, 0.3) is 0 Å². The van der Waals surface area contributed by atoms with Gasteiger partial charge in [0, 0.05) is 30.2 Å². The zero-order valence-electron chi connectivity index (χ0n) is 7.82. The van der Waals surface area contributed by atoms with E-state index in [-0.39, 0.29) is 0 Å². The molecule has 0 aromatic carbocycles. The number of imidazole rings is 2. The number of rotatable bonds is 0. The highest BCUT2D eigenvalue weighted by molar-refractivity contribution is 7.03. The van der Waals surface area contributed by atoms with Gasteiger partial charge >= 0.3 is 0 Å². The zero-order valence-corrected chi connectivity index (χ0v) is 8.63. The van der Waals surface area contributed by atoms with E-state index in [2.05, 4.69) is 29.5 Å². The third kappa shape index (κ3) is 7.08. The molecule has 0 unspecified atom stereocenters. The first-order chi connectivity index (χ1) is 7.50. The largest absolute Gasteiger partial charge is 0.351 e. The molecule has 0 spiro atoms. The van der Waals surface area contributed by atoms with E-state index in [0.29, 0.717) is 0 Å². The van der Waals surface area contributed by atoms with Gasteiger partial charge in [0.15, 0.2) is 0 Å². The van der Waals surface area contributed by atoms with Crippen LogP contribution in [0.25, 0.3) is 0 Å². The molecule has 6 nitrogen and oxygen atoms in total. The van der Waals surface area contributed by atoms with Crippen LogP contribution >= 0.6 is 11.5 Å². The van der Waals surface area contributed by atoms with Crippen molar-refractivity contribution in [1.29, 1.82) is 0 Å². The Kier molecular flexibility index (Phi) is 6.32. The summed E-state index contributed by atoms with van der Waals surface area (Å²) >= 11 is 1.35. The van der Waals surface area contributed by atoms with E-state index >= 15 is 0 Å². The summed E-state index contributed by atoms with van der Waals surface area (Å²) in [6, 6.07) is 0. The smallest absolute Gasteiger partial charge is 0.0919 e. The van der Waals surface area contributed by atoms with Crippen LogP contribution in [0.5, 0.6) is 0 Å². The first-order valence-corrected chi connectivity index (χ1v) is 4.90. The van der Waals surface area contributed by atoms with Crippen molar-refractivity contribution in [2.45, 2.75) is 0 Å². The zero-order chi connectivity index (χ0) is 10.6. The number of aromatic nitrogens is 6. The van der Waals surface area contributed by atoms with Gasteiger partial charge in [-0.1, -0.05) is 4.49 Å². The summed E-state index contributed by atoms with van der Waals surface area (Å²) in [5, 5.41) is 5.31. The first kappa shape index (κ1) is 11.1. The number of nitrogens with one attached hydrogen (secondary N) is 2. The Labute approximate surface area is 90.6 Å². The number of hydrogen-bond donors (Lipinski definition) is 2. The Morgan fingerprint density at radius 1 is 0.867 bits per heavy atom. The number of aromatic amines is 2. The maximum atomic E-state index is 3.67. The van der Waals surface area contributed by atoms with Crippen LogP contribution in [0.1, 0.15) is 0 Å². The fraction of sp³-hybridized carbons (Fsp3) is 0. The van der Waals surface area contributed by atoms with Crippen LogP contribution in [0.3, 0.4) is 0 Å². The van der Waals surface area contributed by atoms with Crippen LogP contribution < -0.4 is 0 Å². The highest BCUT2D eigenvalue weighted by Crippen LogP contribution is 1.78. The highest BCUT2D eigenvalue weighted by atomic mass is 32.1. The number of H-pyrrole nitrogens is 2. The minimum atomic E-state index is 1.35. The second-order valence-electron chi connectivity index (χ2n) is 2.11. The molecule has 0 aliphatic rings. The molecular formula is C8H10N6S. The molecule has 0 radical (unpaired) electrons. The molecule has 2 N–H and O–H groups in total. The van der Waals surface area contributed by atoms with Crippen molar-refractivity contribution in [2.75, 3.05) is 0 Å². The molecule has 3 rings (SSSR count). The Balaban J connectivity index is 0.000000112. The lowest BCUT2D eigenvalue weighted by Gasteiger charge is -1.46. The van der Waals surface area contributed by atoms with Gasteiger partial charge in [-0.15, -0.1) is 5.10 Å². The summed E-state index contributed by atoms with van der Waals surface area (Å²) in [5.74, 6) is 0. The molecule has 0 saturated heterocycles. The molecule has 0 bridgehead atoms. The lowest BCUT2D eigenvalue weighted by Crippen LogP contribution is -1.51. The molecular weight excluding hydrogens is 212 g/mol. The topological polar surface area (TPSA) is 83.1 Å². The van der Waals surface area contributed by atoms with Crippen molar-refractivity contribution in [2.24, 2.45) is 0 Å². The molecule has 0 fully saturated rings. The van der Waals surface area contributed by atoms with E-state index < -0.39 is 0 Å². The Morgan fingerprint density at radius 2 is 1.53 bits per heavy atom. The molecule has 78 valence electrons. The molecule has 0 atom stereocenters. The monoisotopic (exact) mass is 222 g/mol. The Hall–Kier alpha value is -2.02. The molecule has 0 aliphatic heterocycles. The first-order valence-electron chi connectivity index (χ1n) is 4.06. The molecule has 15 heavy (non-hydrogen) atoms. The normalized spacial score (nSPS) is 8.00. The Bertz CT molecular complexity index is 251. The summed E-state index contributed by atoms with van der Waals surface area (Å²) in [4.78, 5) is 12.8. The molecule has 0 amide bonds. The average molecular weight is 222 g/mol. The Morgan fingerprint density at radius 3 is 1.67 bits per heavy atom. The van der Waals surface area contributed by atoms with Gasteiger partial charge in [-0.25, -0.2) is 9.97 Å². The lowest BCUT2D eigenvalue weighted by molar-refractivity contribution is 1.16. The van der Waals surface area contributed by atoms with Crippen LogP contribution in [0.4, 0.5) is 0 Å². The van der Waals surface area contributed by atoms with E-state index in [1.807, 2.05) is 5.38 Å². The maximum Gasteiger partial charge on any atom is 0.0919 e. The van der Waals surface area contributed by atoms with Crippen molar-refractivity contribution in [3.05, 3.63) is 49.0 Å². The van der Waals surface area contributed by atoms with Crippen molar-refractivity contribution in [3.8, 4) is 0 Å². The highest BCUT2D eigenvalue weighted by Gasteiger charge is 1.61. The number of hydrogen-bond acceptors (Lipinski definition) is 5. The van der Waals surface area contributed by atoms with E-state index in [9.17, 15) is 0 Å². The van der Waals surface area contributed by atoms with Crippen LogP contribution in [0, 0.1) is 0 Å². The van der Waals surface area contributed by atoms with Gasteiger partial charge in [-0.2, -0.15) is 0 Å². The summed E-state index contributed by atoms with van der Waals surface area (Å²) in [6.07, 6.45) is 11.8. The molecule has 3 heterocycles. The van der Waals surface area contributed by atoms with E-state index in [1.165, 1.54) is 11.5 Å². The third-order valence-electron chi connectivity index (χ3n) is 1.09. The summed E-state index contributed by atoms with van der Waals surface area (Å²) in [7, 11) is 0. The van der Waals surface area contributed by atoms with Gasteiger partial charge in [0.05, 0.1) is 18.9 Å². The van der Waals surface area contributed by atoms with Crippen LogP contribution in [-0.4, -0.2) is 29.5 Å². The van der Waals surface area contributed by atoms with Gasteiger partial charge in [0.2, 0.25) is 0 Å². The fourth-order valence-corrected chi connectivity index (χ4v) is 0.839. The van der Waals surface area contributed by atoms with Gasteiger partial charge < -0.3 is 9.97 Å². The number of nitrogens with zero attached hydrogens (tertiary/aromatic N) is 4. The standard InChI is InChI=1S/2C3H4N2.C2H2N2S/c2*1-2-5-3-4-1;1-2-5-4-3-1/h2*1-3H,(H,4,5);1-2H. The molecule has 0 saturated carbocycles. The van der Waals surface area contributed by atoms with Crippen LogP contribution in [0.15, 0.2) is 49.0 Å². The van der Waals surface area contributed by atoms with Crippen molar-refractivity contribution in [3.63, 3.8) is 0 Å². The summed E-state index contributed by atoms with van der Waals surface area (Å²) < 4.78 is 3.51. The van der Waals surface area contributed by atoms with Gasteiger partial charge in [-0.05, 0) is 11.5 Å². The quantitative estimate of drug-likeness (QED) is 0.601. The summed E-state index contributed by atoms with van der Waals surface area (Å²) in [6.45, 7) is 0. The van der Waals surface area contributed by atoms with Crippen molar-refractivity contribution < 1.29 is 0 Å². The van der Waals surface area contributed by atoms with Gasteiger partial charge in [-0.3, -0.25) is 0 Å². The SMILES string of the molecule is c1c[nH]cn1.c1c[nH]cn1.c1csnn1. The molecule has 7 heteroatoms. The fourth-order valence-electron chi connectivity index (χ4n) is 0.566. The molecule has 0 aliphatic carbocycles. The molecule has 3 aromatic heterocycles. The minimum Gasteiger partial charge on any atom is -0.351 e. The lowest BCUT2D eigenvalue weighted by atomic mass is 11.0. The predicted molar refractivity (Wildman–Crippen MR) is 57.1 cm³/mol. The molecule has 3 aromatic rings. The second kappa shape index (κ2) is 8.57. The van der Waals surface area contributed by atoms with Crippen molar-refractivity contribution >= 4 is 11.5 Å². The summed E-state index contributed by atoms with van der Waals surface area (Å²) in [5.41, 5.74) is 0. The average Bonchev–Trinajstić information content (AvgIpc) is 3.09. The van der Waals surface area contributed by atoms with E-state index in [4.69, 9.17) is 0 Å². The van der Waals surface area contributed by atoms with Gasteiger partial charge in [0.1, 0.15) is 0 Å². The third-order valence-corrected chi connectivity index (χ3v) is 1.53. The van der Waals surface area contributed by atoms with Crippen LogP contribution in [0.2, 0.25) is 0 Å². The van der Waals surface area contributed by atoms with Crippen molar-refractivity contribution in [1.82, 2.24) is 29.5 Å². The second-order valence-corrected chi connectivity index (χ2v) is 2.76.